The predicted octanol–water partition coefficient (Wildman–Crippen LogP) is 2.29. The molecule has 1 N–H and O–H groups in total. The summed E-state index contributed by atoms with van der Waals surface area (Å²) in [5.41, 5.74) is 0.928. The molecule has 0 amide bonds. The zero-order valence-electron chi connectivity index (χ0n) is 8.95. The second-order valence-corrected chi connectivity index (χ2v) is 3.97. The third kappa shape index (κ3) is 3.09. The summed E-state index contributed by atoms with van der Waals surface area (Å²) in [6.45, 7) is 0.418. The lowest BCUT2D eigenvalue weighted by molar-refractivity contribution is -0.0733. The molecule has 0 aliphatic carbocycles. The van der Waals surface area contributed by atoms with Crippen LogP contribution in [0.5, 0.6) is 11.5 Å². The summed E-state index contributed by atoms with van der Waals surface area (Å²) in [5.74, 6) is 1.31. The van der Waals surface area contributed by atoms with Crippen LogP contribution < -0.4 is 9.47 Å². The molecule has 1 rings (SSSR count). The first-order chi connectivity index (χ1) is 7.08. The average Bonchev–Trinajstić information content (AvgIpc) is 2.19. The maximum absolute atomic E-state index is 9.16. The Morgan fingerprint density at radius 2 is 1.80 bits per heavy atom. The summed E-state index contributed by atoms with van der Waals surface area (Å²) in [6, 6.07) is 3.65. The molecule has 4 nitrogen and oxygen atoms in total. The number of nitrogens with zero attached hydrogens (tertiary/aromatic N) is 1. The largest absolute Gasteiger partial charge is 0.493 e. The molecule has 0 heterocycles. The highest BCUT2D eigenvalue weighted by Gasteiger charge is 2.10. The summed E-state index contributed by atoms with van der Waals surface area (Å²) in [7, 11) is 4.75. The Labute approximate surface area is 97.5 Å². The Bertz CT molecular complexity index is 342. The first-order valence-electron chi connectivity index (χ1n) is 4.39. The minimum absolute atomic E-state index is 0.418. The summed E-state index contributed by atoms with van der Waals surface area (Å²) >= 11 is 3.41. The van der Waals surface area contributed by atoms with E-state index in [9.17, 15) is 0 Å². The van der Waals surface area contributed by atoms with E-state index in [-0.39, 0.29) is 0 Å². The van der Waals surface area contributed by atoms with Crippen molar-refractivity contribution in [3.63, 3.8) is 0 Å². The highest BCUT2D eigenvalue weighted by Crippen LogP contribution is 2.33. The van der Waals surface area contributed by atoms with E-state index in [0.29, 0.717) is 18.0 Å². The minimum atomic E-state index is 0.418. The third-order valence-electron chi connectivity index (χ3n) is 1.95. The molecule has 0 saturated heterocycles. The molecule has 0 aliphatic rings. The molecule has 84 valence electrons. The molecule has 0 spiro atoms. The van der Waals surface area contributed by atoms with E-state index in [2.05, 4.69) is 15.9 Å². The standard InChI is InChI=1S/C10H14BrNO3/c1-12(13)6-7-4-9(14-2)10(15-3)5-8(7)11/h4-5,13H,6H2,1-3H3. The lowest BCUT2D eigenvalue weighted by Gasteiger charge is -2.14. The van der Waals surface area contributed by atoms with Crippen LogP contribution in [0.4, 0.5) is 0 Å². The monoisotopic (exact) mass is 275 g/mol. The van der Waals surface area contributed by atoms with Crippen molar-refractivity contribution in [2.45, 2.75) is 6.54 Å². The van der Waals surface area contributed by atoms with Gasteiger partial charge in [-0.15, -0.1) is 0 Å². The van der Waals surface area contributed by atoms with Crippen molar-refractivity contribution in [2.75, 3.05) is 21.3 Å². The number of ether oxygens (including phenoxy) is 2. The summed E-state index contributed by atoms with van der Waals surface area (Å²) in [6.07, 6.45) is 0. The topological polar surface area (TPSA) is 41.9 Å². The highest BCUT2D eigenvalue weighted by molar-refractivity contribution is 9.10. The third-order valence-corrected chi connectivity index (χ3v) is 2.69. The van der Waals surface area contributed by atoms with Crippen molar-refractivity contribution in [1.82, 2.24) is 5.06 Å². The molecule has 0 saturated carbocycles. The SMILES string of the molecule is COc1cc(Br)c(CN(C)O)cc1OC. The Morgan fingerprint density at radius 3 is 2.27 bits per heavy atom. The number of hydrogen-bond donors (Lipinski definition) is 1. The molecule has 1 aromatic rings. The maximum Gasteiger partial charge on any atom is 0.161 e. The van der Waals surface area contributed by atoms with Gasteiger partial charge in [0.2, 0.25) is 0 Å². The average molecular weight is 276 g/mol. The fraction of sp³-hybridized carbons (Fsp3) is 0.400. The first-order valence-corrected chi connectivity index (χ1v) is 5.18. The molecule has 0 bridgehead atoms. The van der Waals surface area contributed by atoms with Crippen LogP contribution in [0.15, 0.2) is 16.6 Å². The van der Waals surface area contributed by atoms with E-state index < -0.39 is 0 Å². The second-order valence-electron chi connectivity index (χ2n) is 3.11. The van der Waals surface area contributed by atoms with Gasteiger partial charge in [0.1, 0.15) is 0 Å². The van der Waals surface area contributed by atoms with Crippen LogP contribution in [0.25, 0.3) is 0 Å². The second kappa shape index (κ2) is 5.34. The minimum Gasteiger partial charge on any atom is -0.493 e. The van der Waals surface area contributed by atoms with E-state index in [4.69, 9.17) is 14.7 Å². The summed E-state index contributed by atoms with van der Waals surface area (Å²) < 4.78 is 11.2. The zero-order chi connectivity index (χ0) is 11.4. The van der Waals surface area contributed by atoms with Gasteiger partial charge in [-0.25, -0.2) is 0 Å². The number of hydrogen-bond acceptors (Lipinski definition) is 4. The Balaban J connectivity index is 3.08. The van der Waals surface area contributed by atoms with Crippen LogP contribution in [0, 0.1) is 0 Å². The first kappa shape index (κ1) is 12.3. The van der Waals surface area contributed by atoms with Crippen molar-refractivity contribution in [1.29, 1.82) is 0 Å². The van der Waals surface area contributed by atoms with Crippen molar-refractivity contribution in [3.8, 4) is 11.5 Å². The summed E-state index contributed by atoms with van der Waals surface area (Å²) in [4.78, 5) is 0. The van der Waals surface area contributed by atoms with E-state index in [1.54, 1.807) is 21.3 Å². The smallest absolute Gasteiger partial charge is 0.161 e. The Kier molecular flexibility index (Phi) is 4.38. The molecule has 15 heavy (non-hydrogen) atoms. The van der Waals surface area contributed by atoms with E-state index in [0.717, 1.165) is 15.1 Å². The molecule has 0 unspecified atom stereocenters. The van der Waals surface area contributed by atoms with Crippen molar-refractivity contribution >= 4 is 15.9 Å². The molecule has 0 atom stereocenters. The van der Waals surface area contributed by atoms with Gasteiger partial charge in [-0.1, -0.05) is 15.9 Å². The highest BCUT2D eigenvalue weighted by atomic mass is 79.9. The van der Waals surface area contributed by atoms with Crippen LogP contribution >= 0.6 is 15.9 Å². The number of halogens is 1. The molecule has 0 aliphatic heterocycles. The quantitative estimate of drug-likeness (QED) is 0.857. The van der Waals surface area contributed by atoms with Gasteiger partial charge in [0.05, 0.1) is 14.2 Å². The van der Waals surface area contributed by atoms with Gasteiger partial charge >= 0.3 is 0 Å². The maximum atomic E-state index is 9.16. The molecule has 0 radical (unpaired) electrons. The van der Waals surface area contributed by atoms with E-state index in [1.807, 2.05) is 12.1 Å². The van der Waals surface area contributed by atoms with E-state index >= 15 is 0 Å². The van der Waals surface area contributed by atoms with E-state index in [1.165, 1.54) is 0 Å². The van der Waals surface area contributed by atoms with Gasteiger partial charge in [0.25, 0.3) is 0 Å². The molecular weight excluding hydrogens is 262 g/mol. The molecule has 0 aromatic heterocycles. The number of rotatable bonds is 4. The van der Waals surface area contributed by atoms with Gasteiger partial charge in [-0.05, 0) is 17.7 Å². The number of hydroxylamine groups is 2. The Morgan fingerprint density at radius 1 is 1.27 bits per heavy atom. The van der Waals surface area contributed by atoms with Gasteiger partial charge < -0.3 is 14.7 Å². The number of methoxy groups -OCH3 is 2. The predicted molar refractivity (Wildman–Crippen MR) is 60.5 cm³/mol. The van der Waals surface area contributed by atoms with Crippen molar-refractivity contribution in [2.24, 2.45) is 0 Å². The molecule has 1 aromatic carbocycles. The molecule has 0 fully saturated rings. The van der Waals surface area contributed by atoms with Gasteiger partial charge in [0.15, 0.2) is 11.5 Å². The van der Waals surface area contributed by atoms with Crippen LogP contribution in [0.2, 0.25) is 0 Å². The van der Waals surface area contributed by atoms with Crippen LogP contribution in [0.1, 0.15) is 5.56 Å². The lowest BCUT2D eigenvalue weighted by Crippen LogP contribution is -2.12. The number of benzene rings is 1. The summed E-state index contributed by atoms with van der Waals surface area (Å²) in [5, 5.41) is 10.3. The van der Waals surface area contributed by atoms with Gasteiger partial charge in [-0.3, -0.25) is 0 Å². The van der Waals surface area contributed by atoms with Crippen LogP contribution in [0.3, 0.4) is 0 Å². The van der Waals surface area contributed by atoms with Gasteiger partial charge in [0, 0.05) is 18.1 Å². The fourth-order valence-electron chi connectivity index (χ4n) is 1.26. The zero-order valence-corrected chi connectivity index (χ0v) is 10.5. The Hall–Kier alpha value is -0.780. The van der Waals surface area contributed by atoms with Gasteiger partial charge in [-0.2, -0.15) is 5.06 Å². The van der Waals surface area contributed by atoms with Crippen molar-refractivity contribution < 1.29 is 14.7 Å². The van der Waals surface area contributed by atoms with Crippen LogP contribution in [-0.2, 0) is 6.54 Å². The molecule has 5 heteroatoms. The molecular formula is C10H14BrNO3. The van der Waals surface area contributed by atoms with Crippen molar-refractivity contribution in [3.05, 3.63) is 22.2 Å². The lowest BCUT2D eigenvalue weighted by atomic mass is 10.2. The fourth-order valence-corrected chi connectivity index (χ4v) is 1.71. The van der Waals surface area contributed by atoms with Crippen LogP contribution in [-0.4, -0.2) is 31.5 Å². The normalized spacial score (nSPS) is 10.5.